The number of nitrogens with zero attached hydrogens (tertiary/aromatic N) is 2. The molecule has 24 heavy (non-hydrogen) atoms. The molecule has 8 heteroatoms. The van der Waals surface area contributed by atoms with E-state index in [1.54, 1.807) is 11.8 Å². The number of hydrogen-bond acceptors (Lipinski definition) is 7. The number of aryl methyl sites for hydroxylation is 1. The predicted molar refractivity (Wildman–Crippen MR) is 97.0 cm³/mol. The van der Waals surface area contributed by atoms with Gasteiger partial charge in [0.15, 0.2) is 5.82 Å². The fourth-order valence-corrected chi connectivity index (χ4v) is 2.69. The summed E-state index contributed by atoms with van der Waals surface area (Å²) < 4.78 is 5.74. The van der Waals surface area contributed by atoms with Crippen molar-refractivity contribution in [1.82, 2.24) is 15.5 Å². The van der Waals surface area contributed by atoms with E-state index in [9.17, 15) is 10.1 Å². The second-order valence-corrected chi connectivity index (χ2v) is 6.51. The van der Waals surface area contributed by atoms with E-state index in [4.69, 9.17) is 10.8 Å². The number of terminal acetylenes is 1. The monoisotopic (exact) mass is 352 g/mol. The highest BCUT2D eigenvalue weighted by molar-refractivity contribution is 7.99. The molecule has 2 N–H and O–H groups in total. The first kappa shape index (κ1) is 19.9. The van der Waals surface area contributed by atoms with Gasteiger partial charge in [0.1, 0.15) is 11.5 Å². The molecule has 0 atom stereocenters. The third-order valence-electron chi connectivity index (χ3n) is 2.86. The Bertz CT molecular complexity index is 578. The summed E-state index contributed by atoms with van der Waals surface area (Å²) in [5, 5.41) is 16.3. The van der Waals surface area contributed by atoms with Crippen LogP contribution in [0.1, 0.15) is 11.5 Å². The molecule has 1 aromatic heterocycles. The fourth-order valence-electron chi connectivity index (χ4n) is 1.89. The van der Waals surface area contributed by atoms with E-state index >= 15 is 0 Å². The molecule has 0 unspecified atom stereocenters. The first-order valence-corrected chi connectivity index (χ1v) is 8.73. The van der Waals surface area contributed by atoms with Crippen molar-refractivity contribution in [3.8, 4) is 12.3 Å². The van der Waals surface area contributed by atoms with Crippen LogP contribution >= 0.6 is 11.8 Å². The molecule has 0 bridgehead atoms. The Balaban J connectivity index is 2.20. The molecule has 132 valence electrons. The zero-order valence-electron chi connectivity index (χ0n) is 14.1. The summed E-state index contributed by atoms with van der Waals surface area (Å²) in [6, 6.07) is 4.02. The zero-order chi connectivity index (χ0) is 17.8. The van der Waals surface area contributed by atoms with Gasteiger partial charge in [-0.2, -0.15) is 11.8 Å². The lowest BCUT2D eigenvalue weighted by molar-refractivity contribution is -0.404. The van der Waals surface area contributed by atoms with Crippen LogP contribution in [-0.2, 0) is 13.0 Å². The lowest BCUT2D eigenvalue weighted by atomic mass is 10.3. The minimum absolute atomic E-state index is 0.244. The maximum absolute atomic E-state index is 10.5. The van der Waals surface area contributed by atoms with Crippen LogP contribution < -0.4 is 10.6 Å². The Morgan fingerprint density at radius 2 is 2.17 bits per heavy atom. The number of hydrogen-bond donors (Lipinski definition) is 2. The molecular weight excluding hydrogens is 328 g/mol. The van der Waals surface area contributed by atoms with E-state index in [2.05, 4.69) is 21.5 Å². The SMILES string of the molecule is C#CCN/C(=C/[N+](=O)[O-])NCCSCCc1ccc(CN(C)C)o1. The van der Waals surface area contributed by atoms with Crippen LogP contribution in [0.2, 0.25) is 0 Å². The highest BCUT2D eigenvalue weighted by atomic mass is 32.2. The molecule has 1 rings (SSSR count). The quantitative estimate of drug-likeness (QED) is 0.255. The Morgan fingerprint density at radius 3 is 2.83 bits per heavy atom. The minimum Gasteiger partial charge on any atom is -0.465 e. The van der Waals surface area contributed by atoms with Crippen molar-refractivity contribution in [3.63, 3.8) is 0 Å². The van der Waals surface area contributed by atoms with Crippen molar-refractivity contribution in [2.24, 2.45) is 0 Å². The van der Waals surface area contributed by atoms with Crippen LogP contribution in [0.3, 0.4) is 0 Å². The van der Waals surface area contributed by atoms with E-state index in [1.807, 2.05) is 26.2 Å². The lowest BCUT2D eigenvalue weighted by Crippen LogP contribution is -2.29. The Morgan fingerprint density at radius 1 is 1.42 bits per heavy atom. The van der Waals surface area contributed by atoms with Crippen molar-refractivity contribution in [1.29, 1.82) is 0 Å². The molecule has 0 fully saturated rings. The van der Waals surface area contributed by atoms with Crippen molar-refractivity contribution in [3.05, 3.63) is 45.8 Å². The molecule has 1 heterocycles. The minimum atomic E-state index is -0.513. The normalized spacial score (nSPS) is 11.3. The van der Waals surface area contributed by atoms with E-state index in [0.29, 0.717) is 12.4 Å². The number of nitro groups is 1. The standard InChI is InChI=1S/C16H24N4O3S/c1-4-8-17-16(13-20(21)22)18-9-11-24-10-7-14-5-6-15(23-14)12-19(2)3/h1,5-6,13,17-18H,7-12H2,2-3H3/b16-13-. The van der Waals surface area contributed by atoms with Gasteiger partial charge in [-0.3, -0.25) is 10.1 Å². The molecular formula is C16H24N4O3S. The molecule has 0 aliphatic heterocycles. The Hall–Kier alpha value is -2.11. The number of furan rings is 1. The van der Waals surface area contributed by atoms with Gasteiger partial charge in [-0.1, -0.05) is 5.92 Å². The highest BCUT2D eigenvalue weighted by Gasteiger charge is 2.04. The topological polar surface area (TPSA) is 83.6 Å². The van der Waals surface area contributed by atoms with Gasteiger partial charge in [-0.25, -0.2) is 0 Å². The highest BCUT2D eigenvalue weighted by Crippen LogP contribution is 2.12. The molecule has 0 aliphatic rings. The summed E-state index contributed by atoms with van der Waals surface area (Å²) in [5.41, 5.74) is 0. The van der Waals surface area contributed by atoms with Crippen molar-refractivity contribution < 1.29 is 9.34 Å². The van der Waals surface area contributed by atoms with Crippen LogP contribution in [-0.4, -0.2) is 48.5 Å². The average molecular weight is 352 g/mol. The van der Waals surface area contributed by atoms with Crippen molar-refractivity contribution >= 4 is 11.8 Å². The summed E-state index contributed by atoms with van der Waals surface area (Å²) >= 11 is 1.76. The first-order chi connectivity index (χ1) is 11.5. The molecule has 0 saturated carbocycles. The van der Waals surface area contributed by atoms with Gasteiger partial charge in [0.05, 0.1) is 18.0 Å². The number of rotatable bonds is 12. The lowest BCUT2D eigenvalue weighted by Gasteiger charge is -2.09. The molecule has 7 nitrogen and oxygen atoms in total. The molecule has 0 spiro atoms. The summed E-state index contributed by atoms with van der Waals surface area (Å²) in [7, 11) is 4.01. The molecule has 1 aromatic rings. The molecule has 0 radical (unpaired) electrons. The Labute approximate surface area is 147 Å². The molecule has 0 amide bonds. The van der Waals surface area contributed by atoms with Crippen molar-refractivity contribution in [2.75, 3.05) is 38.7 Å². The smallest absolute Gasteiger partial charge is 0.274 e. The molecule has 0 saturated heterocycles. The fraction of sp³-hybridized carbons (Fsp3) is 0.500. The second-order valence-electron chi connectivity index (χ2n) is 5.28. The Kier molecular flexibility index (Phi) is 9.49. The van der Waals surface area contributed by atoms with Crippen LogP contribution in [0.5, 0.6) is 0 Å². The number of thioether (sulfide) groups is 1. The second kappa shape index (κ2) is 11.4. The summed E-state index contributed by atoms with van der Waals surface area (Å²) in [4.78, 5) is 12.1. The van der Waals surface area contributed by atoms with Gasteiger partial charge in [-0.15, -0.1) is 6.42 Å². The zero-order valence-corrected chi connectivity index (χ0v) is 14.9. The van der Waals surface area contributed by atoms with Crippen LogP contribution in [0.4, 0.5) is 0 Å². The average Bonchev–Trinajstić information content (AvgIpc) is 2.94. The summed E-state index contributed by atoms with van der Waals surface area (Å²) in [5.74, 6) is 6.43. The molecule has 0 aromatic carbocycles. The van der Waals surface area contributed by atoms with Gasteiger partial charge in [0, 0.05) is 24.5 Å². The summed E-state index contributed by atoms with van der Waals surface area (Å²) in [6.07, 6.45) is 6.88. The van der Waals surface area contributed by atoms with Gasteiger partial charge in [0.2, 0.25) is 0 Å². The van der Waals surface area contributed by atoms with E-state index in [-0.39, 0.29) is 6.54 Å². The predicted octanol–water partition coefficient (Wildman–Crippen LogP) is 1.50. The maximum atomic E-state index is 10.5. The van der Waals surface area contributed by atoms with Crippen molar-refractivity contribution in [2.45, 2.75) is 13.0 Å². The summed E-state index contributed by atoms with van der Waals surface area (Å²) in [6.45, 7) is 1.66. The van der Waals surface area contributed by atoms with E-state index in [1.165, 1.54) is 0 Å². The first-order valence-electron chi connectivity index (χ1n) is 7.58. The van der Waals surface area contributed by atoms with Gasteiger partial charge in [-0.05, 0) is 26.2 Å². The largest absolute Gasteiger partial charge is 0.465 e. The molecule has 0 aliphatic carbocycles. The van der Waals surface area contributed by atoms with Gasteiger partial charge in [0.25, 0.3) is 6.20 Å². The van der Waals surface area contributed by atoms with E-state index in [0.717, 1.165) is 42.2 Å². The van der Waals surface area contributed by atoms with Gasteiger partial charge < -0.3 is 20.0 Å². The number of nitrogens with one attached hydrogen (secondary N) is 2. The van der Waals surface area contributed by atoms with Crippen LogP contribution in [0.25, 0.3) is 0 Å². The van der Waals surface area contributed by atoms with Crippen LogP contribution in [0.15, 0.2) is 28.6 Å². The van der Waals surface area contributed by atoms with Crippen LogP contribution in [0, 0.1) is 22.5 Å². The van der Waals surface area contributed by atoms with E-state index < -0.39 is 4.92 Å². The third kappa shape index (κ3) is 9.12. The third-order valence-corrected chi connectivity index (χ3v) is 3.85. The maximum Gasteiger partial charge on any atom is 0.274 e. The van der Waals surface area contributed by atoms with Gasteiger partial charge >= 0.3 is 0 Å².